The molecule has 4 nitrogen and oxygen atoms in total. The average Bonchev–Trinajstić information content (AvgIpc) is 3.01. The third kappa shape index (κ3) is 2.46. The van der Waals surface area contributed by atoms with Gasteiger partial charge in [0.05, 0.1) is 17.1 Å². The highest BCUT2D eigenvalue weighted by Crippen LogP contribution is 2.20. The number of nitrogens with zero attached hydrogens (tertiary/aromatic N) is 3. The first-order valence-corrected chi connectivity index (χ1v) is 7.53. The second kappa shape index (κ2) is 5.34. The average molecular weight is 286 g/mol. The Kier molecular flexibility index (Phi) is 3.54. The van der Waals surface area contributed by atoms with E-state index in [1.54, 1.807) is 11.3 Å². The lowest BCUT2D eigenvalue weighted by molar-refractivity contribution is 0.532. The van der Waals surface area contributed by atoms with Crippen LogP contribution in [0.1, 0.15) is 28.7 Å². The fourth-order valence-electron chi connectivity index (χ4n) is 2.37. The van der Waals surface area contributed by atoms with Gasteiger partial charge in [-0.15, -0.1) is 11.3 Å². The molecule has 5 heteroatoms. The maximum Gasteiger partial charge on any atom is 0.126 e. The molecule has 2 aromatic heterocycles. The molecule has 3 rings (SSSR count). The van der Waals surface area contributed by atoms with Crippen LogP contribution in [0.2, 0.25) is 0 Å². The second-order valence-electron chi connectivity index (χ2n) is 4.98. The van der Waals surface area contributed by atoms with Gasteiger partial charge in [0.2, 0.25) is 0 Å². The van der Waals surface area contributed by atoms with Crippen LogP contribution in [-0.4, -0.2) is 14.5 Å². The van der Waals surface area contributed by atoms with Crippen molar-refractivity contribution in [1.82, 2.24) is 19.9 Å². The Bertz CT molecular complexity index is 728. The SMILES string of the molecule is Cc1cnc(CNC(C)c2nc3ccccc3n2C)s1. The zero-order valence-electron chi connectivity index (χ0n) is 11.9. The van der Waals surface area contributed by atoms with E-state index >= 15 is 0 Å². The third-order valence-corrected chi connectivity index (χ3v) is 4.35. The number of rotatable bonds is 4. The molecule has 0 radical (unpaired) electrons. The summed E-state index contributed by atoms with van der Waals surface area (Å²) < 4.78 is 2.15. The van der Waals surface area contributed by atoms with Crippen LogP contribution >= 0.6 is 11.3 Å². The fourth-order valence-corrected chi connectivity index (χ4v) is 3.10. The van der Waals surface area contributed by atoms with Crippen molar-refractivity contribution in [3.05, 3.63) is 46.2 Å². The first-order valence-electron chi connectivity index (χ1n) is 6.71. The Morgan fingerprint density at radius 2 is 2.15 bits per heavy atom. The van der Waals surface area contributed by atoms with E-state index in [0.717, 1.165) is 22.9 Å². The number of aromatic nitrogens is 3. The minimum atomic E-state index is 0.191. The van der Waals surface area contributed by atoms with Crippen molar-refractivity contribution >= 4 is 22.4 Å². The standard InChI is InChI=1S/C15H18N4S/c1-10-8-17-14(20-10)9-16-11(2)15-18-12-6-4-5-7-13(12)19(15)3/h4-8,11,16H,9H2,1-3H3. The summed E-state index contributed by atoms with van der Waals surface area (Å²) in [5, 5.41) is 4.61. The van der Waals surface area contributed by atoms with Crippen molar-refractivity contribution in [3.8, 4) is 0 Å². The highest BCUT2D eigenvalue weighted by molar-refractivity contribution is 7.11. The van der Waals surface area contributed by atoms with Crippen LogP contribution < -0.4 is 5.32 Å². The smallest absolute Gasteiger partial charge is 0.126 e. The van der Waals surface area contributed by atoms with Gasteiger partial charge in [0, 0.05) is 24.7 Å². The Balaban J connectivity index is 1.78. The molecule has 1 aromatic carbocycles. The number of benzene rings is 1. The highest BCUT2D eigenvalue weighted by Gasteiger charge is 2.14. The minimum Gasteiger partial charge on any atom is -0.330 e. The maximum atomic E-state index is 4.71. The number of thiazole rings is 1. The van der Waals surface area contributed by atoms with Crippen LogP contribution in [0.3, 0.4) is 0 Å². The number of para-hydroxylation sites is 2. The molecule has 1 N–H and O–H groups in total. The summed E-state index contributed by atoms with van der Waals surface area (Å²) in [6.45, 7) is 5.00. The molecular weight excluding hydrogens is 268 g/mol. The van der Waals surface area contributed by atoms with E-state index in [-0.39, 0.29) is 6.04 Å². The topological polar surface area (TPSA) is 42.7 Å². The van der Waals surface area contributed by atoms with E-state index in [1.807, 2.05) is 18.3 Å². The van der Waals surface area contributed by atoms with Crippen molar-refractivity contribution in [3.63, 3.8) is 0 Å². The summed E-state index contributed by atoms with van der Waals surface area (Å²) in [4.78, 5) is 10.3. The van der Waals surface area contributed by atoms with Gasteiger partial charge >= 0.3 is 0 Å². The number of nitrogens with one attached hydrogen (secondary N) is 1. The summed E-state index contributed by atoms with van der Waals surface area (Å²) in [6, 6.07) is 8.41. The predicted molar refractivity (Wildman–Crippen MR) is 82.8 cm³/mol. The first-order chi connectivity index (χ1) is 9.65. The summed E-state index contributed by atoms with van der Waals surface area (Å²) in [6.07, 6.45) is 1.92. The van der Waals surface area contributed by atoms with Gasteiger partial charge in [-0.1, -0.05) is 12.1 Å². The molecule has 1 atom stereocenters. The van der Waals surface area contributed by atoms with E-state index < -0.39 is 0 Å². The van der Waals surface area contributed by atoms with Crippen molar-refractivity contribution in [2.75, 3.05) is 0 Å². The molecule has 0 aliphatic heterocycles. The summed E-state index contributed by atoms with van der Waals surface area (Å²) in [7, 11) is 2.07. The molecule has 104 valence electrons. The number of aryl methyl sites for hydroxylation is 2. The largest absolute Gasteiger partial charge is 0.330 e. The molecule has 2 heterocycles. The first kappa shape index (κ1) is 13.3. The van der Waals surface area contributed by atoms with E-state index in [4.69, 9.17) is 4.98 Å². The van der Waals surface area contributed by atoms with Crippen LogP contribution in [-0.2, 0) is 13.6 Å². The predicted octanol–water partition coefficient (Wildman–Crippen LogP) is 3.19. The van der Waals surface area contributed by atoms with Gasteiger partial charge in [0.15, 0.2) is 0 Å². The van der Waals surface area contributed by atoms with Crippen molar-refractivity contribution in [2.45, 2.75) is 26.4 Å². The molecule has 20 heavy (non-hydrogen) atoms. The van der Waals surface area contributed by atoms with Gasteiger partial charge in [0.1, 0.15) is 10.8 Å². The second-order valence-corrected chi connectivity index (χ2v) is 6.30. The van der Waals surface area contributed by atoms with Gasteiger partial charge < -0.3 is 9.88 Å². The Hall–Kier alpha value is -1.72. The van der Waals surface area contributed by atoms with E-state index in [9.17, 15) is 0 Å². The summed E-state index contributed by atoms with van der Waals surface area (Å²) >= 11 is 1.73. The molecule has 0 amide bonds. The number of fused-ring (bicyclic) bond motifs is 1. The van der Waals surface area contributed by atoms with Crippen LogP contribution in [0.15, 0.2) is 30.5 Å². The molecule has 0 saturated carbocycles. The minimum absolute atomic E-state index is 0.191. The molecular formula is C15H18N4S. The van der Waals surface area contributed by atoms with Crippen LogP contribution in [0, 0.1) is 6.92 Å². The molecule has 1 unspecified atom stereocenters. The molecule has 0 aliphatic carbocycles. The van der Waals surface area contributed by atoms with Gasteiger partial charge in [0.25, 0.3) is 0 Å². The molecule has 0 aliphatic rings. The number of hydrogen-bond donors (Lipinski definition) is 1. The van der Waals surface area contributed by atoms with Gasteiger partial charge in [-0.25, -0.2) is 9.97 Å². The van der Waals surface area contributed by atoms with E-state index in [0.29, 0.717) is 0 Å². The number of imidazole rings is 1. The molecule has 0 spiro atoms. The Morgan fingerprint density at radius 3 is 2.85 bits per heavy atom. The van der Waals surface area contributed by atoms with Gasteiger partial charge in [-0.05, 0) is 26.0 Å². The van der Waals surface area contributed by atoms with Gasteiger partial charge in [-0.2, -0.15) is 0 Å². The van der Waals surface area contributed by atoms with Crippen LogP contribution in [0.5, 0.6) is 0 Å². The summed E-state index contributed by atoms with van der Waals surface area (Å²) in [5.74, 6) is 1.06. The van der Waals surface area contributed by atoms with Gasteiger partial charge in [-0.3, -0.25) is 0 Å². The summed E-state index contributed by atoms with van der Waals surface area (Å²) in [5.41, 5.74) is 2.21. The van der Waals surface area contributed by atoms with Crippen molar-refractivity contribution in [1.29, 1.82) is 0 Å². The fraction of sp³-hybridized carbons (Fsp3) is 0.333. The zero-order valence-corrected chi connectivity index (χ0v) is 12.7. The van der Waals surface area contributed by atoms with E-state index in [1.165, 1.54) is 10.4 Å². The monoisotopic (exact) mass is 286 g/mol. The van der Waals surface area contributed by atoms with E-state index in [2.05, 4.69) is 47.9 Å². The molecule has 0 saturated heterocycles. The van der Waals surface area contributed by atoms with Crippen molar-refractivity contribution < 1.29 is 0 Å². The van der Waals surface area contributed by atoms with Crippen LogP contribution in [0.25, 0.3) is 11.0 Å². The highest BCUT2D eigenvalue weighted by atomic mass is 32.1. The van der Waals surface area contributed by atoms with Crippen molar-refractivity contribution in [2.24, 2.45) is 7.05 Å². The lowest BCUT2D eigenvalue weighted by Crippen LogP contribution is -2.21. The number of hydrogen-bond acceptors (Lipinski definition) is 4. The normalized spacial score (nSPS) is 12.9. The lowest BCUT2D eigenvalue weighted by Gasteiger charge is -2.12. The maximum absolute atomic E-state index is 4.71. The lowest BCUT2D eigenvalue weighted by atomic mass is 10.3. The third-order valence-electron chi connectivity index (χ3n) is 3.44. The molecule has 0 bridgehead atoms. The molecule has 0 fully saturated rings. The Morgan fingerprint density at radius 1 is 1.35 bits per heavy atom. The molecule has 3 aromatic rings. The zero-order chi connectivity index (χ0) is 14.1. The Labute approximate surface area is 122 Å². The quantitative estimate of drug-likeness (QED) is 0.801. The van der Waals surface area contributed by atoms with Crippen LogP contribution in [0.4, 0.5) is 0 Å².